The molecule has 0 aliphatic carbocycles. The number of hydrogen-bond donors (Lipinski definition) is 0. The number of nitrogens with zero attached hydrogens (tertiary/aromatic N) is 7. The second-order valence-electron chi connectivity index (χ2n) is 6.51. The Bertz CT molecular complexity index is 798. The first-order valence-electron chi connectivity index (χ1n) is 7.95. The number of aromatic nitrogens is 4. The number of likely N-dealkylation sites (N-methyl/N-ethyl adjacent to an activating group) is 1. The molecule has 2 aliphatic heterocycles. The van der Waals surface area contributed by atoms with Crippen LogP contribution in [0.1, 0.15) is 6.42 Å². The maximum absolute atomic E-state index is 12.5. The second-order valence-corrected chi connectivity index (χ2v) is 6.51. The average molecular weight is 329 g/mol. The number of carbonyl (C=O) groups is 2. The van der Waals surface area contributed by atoms with Gasteiger partial charge in [0.25, 0.3) is 0 Å². The minimum absolute atomic E-state index is 0.0448. The Labute approximate surface area is 138 Å². The number of rotatable bonds is 3. The van der Waals surface area contributed by atoms with Crippen molar-refractivity contribution in [1.29, 1.82) is 0 Å². The van der Waals surface area contributed by atoms with Crippen LogP contribution < -0.4 is 4.90 Å². The van der Waals surface area contributed by atoms with E-state index in [0.29, 0.717) is 18.6 Å². The van der Waals surface area contributed by atoms with Gasteiger partial charge in [-0.25, -0.2) is 0 Å². The van der Waals surface area contributed by atoms with Gasteiger partial charge in [-0.2, -0.15) is 4.52 Å². The Balaban J connectivity index is 1.38. The predicted molar refractivity (Wildman–Crippen MR) is 85.3 cm³/mol. The van der Waals surface area contributed by atoms with Crippen molar-refractivity contribution in [2.45, 2.75) is 12.5 Å². The molecule has 0 aromatic carbocycles. The molecule has 0 bridgehead atoms. The standard InChI is InChI=1S/C15H19N7O2/c1-19-6-10(5-14(19)23)15(24)20(2)11-7-21(8-11)13-4-3-12-17-16-9-22(12)18-13/h3-4,9-11H,5-8H2,1-2H3. The quantitative estimate of drug-likeness (QED) is 0.736. The highest BCUT2D eigenvalue weighted by Gasteiger charge is 2.39. The third-order valence-electron chi connectivity index (χ3n) is 4.92. The highest BCUT2D eigenvalue weighted by molar-refractivity contribution is 5.89. The van der Waals surface area contributed by atoms with E-state index in [1.165, 1.54) is 0 Å². The monoisotopic (exact) mass is 329 g/mol. The first-order valence-corrected chi connectivity index (χ1v) is 7.95. The minimum Gasteiger partial charge on any atom is -0.351 e. The van der Waals surface area contributed by atoms with Crippen LogP contribution in [-0.2, 0) is 9.59 Å². The van der Waals surface area contributed by atoms with E-state index in [9.17, 15) is 9.59 Å². The Morgan fingerprint density at radius 1 is 1.29 bits per heavy atom. The number of hydrogen-bond acceptors (Lipinski definition) is 6. The lowest BCUT2D eigenvalue weighted by atomic mass is 10.0. The molecule has 2 aliphatic rings. The van der Waals surface area contributed by atoms with Gasteiger partial charge in [0.15, 0.2) is 5.65 Å². The van der Waals surface area contributed by atoms with Crippen LogP contribution in [0.3, 0.4) is 0 Å². The Kier molecular flexibility index (Phi) is 3.36. The lowest BCUT2D eigenvalue weighted by Gasteiger charge is -2.45. The van der Waals surface area contributed by atoms with Gasteiger partial charge >= 0.3 is 0 Å². The molecule has 24 heavy (non-hydrogen) atoms. The van der Waals surface area contributed by atoms with E-state index >= 15 is 0 Å². The smallest absolute Gasteiger partial charge is 0.228 e. The van der Waals surface area contributed by atoms with Gasteiger partial charge in [0.1, 0.15) is 12.1 Å². The summed E-state index contributed by atoms with van der Waals surface area (Å²) in [6.07, 6.45) is 1.89. The Hall–Kier alpha value is -2.71. The summed E-state index contributed by atoms with van der Waals surface area (Å²) in [6, 6.07) is 3.93. The van der Waals surface area contributed by atoms with E-state index in [1.807, 2.05) is 19.2 Å². The molecule has 0 radical (unpaired) electrons. The zero-order valence-electron chi connectivity index (χ0n) is 13.7. The van der Waals surface area contributed by atoms with Crippen molar-refractivity contribution in [2.75, 3.05) is 38.6 Å². The Morgan fingerprint density at radius 3 is 2.79 bits per heavy atom. The van der Waals surface area contributed by atoms with Crippen LogP contribution in [-0.4, -0.2) is 81.2 Å². The number of carbonyl (C=O) groups excluding carboxylic acids is 2. The largest absolute Gasteiger partial charge is 0.351 e. The minimum atomic E-state index is -0.215. The molecule has 1 unspecified atom stereocenters. The molecule has 0 N–H and O–H groups in total. The topological polar surface area (TPSA) is 86.9 Å². The van der Waals surface area contributed by atoms with Gasteiger partial charge in [-0.15, -0.1) is 15.3 Å². The molecule has 0 saturated carbocycles. The molecule has 4 rings (SSSR count). The van der Waals surface area contributed by atoms with Gasteiger partial charge < -0.3 is 14.7 Å². The number of amides is 2. The third kappa shape index (κ3) is 2.36. The first-order chi connectivity index (χ1) is 11.5. The molecule has 2 fully saturated rings. The molecule has 2 aromatic rings. The van der Waals surface area contributed by atoms with Crippen LogP contribution in [0.25, 0.3) is 5.65 Å². The van der Waals surface area contributed by atoms with Gasteiger partial charge in [0, 0.05) is 40.2 Å². The van der Waals surface area contributed by atoms with Gasteiger partial charge in [-0.1, -0.05) is 0 Å². The molecule has 1 atom stereocenters. The predicted octanol–water partition coefficient (Wildman–Crippen LogP) is -0.750. The molecular formula is C15H19N7O2. The van der Waals surface area contributed by atoms with Crippen LogP contribution >= 0.6 is 0 Å². The number of anilines is 1. The van der Waals surface area contributed by atoms with Gasteiger partial charge in [0.05, 0.1) is 12.0 Å². The first kappa shape index (κ1) is 14.9. The van der Waals surface area contributed by atoms with E-state index < -0.39 is 0 Å². The lowest BCUT2D eigenvalue weighted by molar-refractivity contribution is -0.137. The van der Waals surface area contributed by atoms with Crippen molar-refractivity contribution in [2.24, 2.45) is 5.92 Å². The fourth-order valence-corrected chi connectivity index (χ4v) is 3.27. The molecule has 0 spiro atoms. The average Bonchev–Trinajstić information content (AvgIpc) is 3.11. The fraction of sp³-hybridized carbons (Fsp3) is 0.533. The SMILES string of the molecule is CN1CC(C(=O)N(C)C2CN(c3ccc4nncn4n3)C2)CC1=O. The summed E-state index contributed by atoms with van der Waals surface area (Å²) in [5.41, 5.74) is 0.707. The molecule has 2 amide bonds. The summed E-state index contributed by atoms with van der Waals surface area (Å²) in [7, 11) is 3.57. The Morgan fingerprint density at radius 2 is 2.08 bits per heavy atom. The molecule has 126 valence electrons. The van der Waals surface area contributed by atoms with Crippen molar-refractivity contribution in [3.05, 3.63) is 18.5 Å². The van der Waals surface area contributed by atoms with E-state index in [-0.39, 0.29) is 23.8 Å². The van der Waals surface area contributed by atoms with E-state index in [4.69, 9.17) is 0 Å². The van der Waals surface area contributed by atoms with Crippen LogP contribution in [0.15, 0.2) is 18.5 Å². The van der Waals surface area contributed by atoms with Gasteiger partial charge in [0.2, 0.25) is 11.8 Å². The van der Waals surface area contributed by atoms with Crippen LogP contribution in [0.2, 0.25) is 0 Å². The summed E-state index contributed by atoms with van der Waals surface area (Å²) in [5, 5.41) is 12.2. The van der Waals surface area contributed by atoms with E-state index in [1.54, 1.807) is 27.7 Å². The van der Waals surface area contributed by atoms with Gasteiger partial charge in [-0.3, -0.25) is 9.59 Å². The zero-order chi connectivity index (χ0) is 16.8. The zero-order valence-corrected chi connectivity index (χ0v) is 13.7. The number of likely N-dealkylation sites (tertiary alicyclic amines) is 1. The maximum Gasteiger partial charge on any atom is 0.228 e. The highest BCUT2D eigenvalue weighted by atomic mass is 16.2. The normalized spacial score (nSPS) is 21.4. The summed E-state index contributed by atoms with van der Waals surface area (Å²) in [5.74, 6) is 0.728. The van der Waals surface area contributed by atoms with Crippen LogP contribution in [0.5, 0.6) is 0 Å². The molecule has 2 saturated heterocycles. The summed E-state index contributed by atoms with van der Waals surface area (Å²) < 4.78 is 1.64. The second kappa shape index (κ2) is 5.43. The van der Waals surface area contributed by atoms with Crippen molar-refractivity contribution in [3.63, 3.8) is 0 Å². The van der Waals surface area contributed by atoms with E-state index in [2.05, 4.69) is 20.2 Å². The summed E-state index contributed by atoms with van der Waals surface area (Å²) in [4.78, 5) is 29.7. The van der Waals surface area contributed by atoms with Crippen molar-refractivity contribution >= 4 is 23.3 Å². The van der Waals surface area contributed by atoms with Crippen LogP contribution in [0, 0.1) is 5.92 Å². The lowest BCUT2D eigenvalue weighted by Crippen LogP contribution is -2.61. The fourth-order valence-electron chi connectivity index (χ4n) is 3.27. The van der Waals surface area contributed by atoms with Crippen LogP contribution in [0.4, 0.5) is 5.82 Å². The number of fused-ring (bicyclic) bond motifs is 1. The molecule has 2 aromatic heterocycles. The molecule has 9 nitrogen and oxygen atoms in total. The molecular weight excluding hydrogens is 310 g/mol. The molecule has 4 heterocycles. The van der Waals surface area contributed by atoms with E-state index in [0.717, 1.165) is 18.9 Å². The van der Waals surface area contributed by atoms with Gasteiger partial charge in [-0.05, 0) is 12.1 Å². The van der Waals surface area contributed by atoms with Crippen molar-refractivity contribution < 1.29 is 9.59 Å². The van der Waals surface area contributed by atoms with Crippen molar-refractivity contribution in [1.82, 2.24) is 29.6 Å². The summed E-state index contributed by atoms with van der Waals surface area (Å²) in [6.45, 7) is 1.99. The van der Waals surface area contributed by atoms with Crippen molar-refractivity contribution in [3.8, 4) is 0 Å². The summed E-state index contributed by atoms with van der Waals surface area (Å²) >= 11 is 0. The highest BCUT2D eigenvalue weighted by Crippen LogP contribution is 2.24. The maximum atomic E-state index is 12.5. The third-order valence-corrected chi connectivity index (χ3v) is 4.92. The molecule has 9 heteroatoms.